The monoisotopic (exact) mass is 280 g/mol. The molecule has 0 bridgehead atoms. The van der Waals surface area contributed by atoms with E-state index in [1.54, 1.807) is 0 Å². The number of esters is 1. The normalized spacial score (nSPS) is 52.7. The van der Waals surface area contributed by atoms with Crippen molar-refractivity contribution in [2.75, 3.05) is 6.61 Å². The molecule has 2 heterocycles. The maximum atomic E-state index is 12.3. The number of carbonyl (C=O) groups excluding carboxylic acids is 1. The lowest BCUT2D eigenvalue weighted by molar-refractivity contribution is -0.153. The smallest absolute Gasteiger partial charge is 0.309 e. The van der Waals surface area contributed by atoms with E-state index < -0.39 is 0 Å². The maximum absolute atomic E-state index is 12.3. The second-order valence-electron chi connectivity index (χ2n) is 7.32. The first-order chi connectivity index (χ1) is 9.61. The fourth-order valence-corrected chi connectivity index (χ4v) is 4.15. The van der Waals surface area contributed by atoms with Gasteiger partial charge in [-0.05, 0) is 43.4 Å². The Bertz CT molecular complexity index is 409. The number of hydrogen-bond donors (Lipinski definition) is 0. The van der Waals surface area contributed by atoms with Gasteiger partial charge in [0.1, 0.15) is 0 Å². The van der Waals surface area contributed by atoms with Crippen molar-refractivity contribution in [3.63, 3.8) is 0 Å². The SMILES string of the molecule is CC1CC2O[C@H]2CC1C(=O)OCC1CC2OC2C[C@H]1C. The minimum absolute atomic E-state index is 0.00233. The van der Waals surface area contributed by atoms with Gasteiger partial charge in [-0.25, -0.2) is 0 Å². The molecule has 6 unspecified atom stereocenters. The van der Waals surface area contributed by atoms with Gasteiger partial charge < -0.3 is 14.2 Å². The number of ether oxygens (including phenoxy) is 3. The Morgan fingerprint density at radius 3 is 2.30 bits per heavy atom. The van der Waals surface area contributed by atoms with E-state index in [1.807, 2.05) is 0 Å². The zero-order chi connectivity index (χ0) is 13.9. The Hall–Kier alpha value is -0.610. The minimum atomic E-state index is -0.00233. The average Bonchev–Trinajstić information content (AvgIpc) is 3.29. The Labute approximate surface area is 120 Å². The van der Waals surface area contributed by atoms with E-state index in [9.17, 15) is 4.79 Å². The van der Waals surface area contributed by atoms with Crippen LogP contribution in [0.4, 0.5) is 0 Å². The molecule has 0 aromatic heterocycles. The first-order valence-corrected chi connectivity index (χ1v) is 8.09. The van der Waals surface area contributed by atoms with Crippen LogP contribution in [0.5, 0.6) is 0 Å². The van der Waals surface area contributed by atoms with Gasteiger partial charge in [-0.1, -0.05) is 13.8 Å². The fourth-order valence-electron chi connectivity index (χ4n) is 4.15. The van der Waals surface area contributed by atoms with E-state index >= 15 is 0 Å². The molecular formula is C16H24O4. The Kier molecular flexibility index (Phi) is 3.08. The zero-order valence-electron chi connectivity index (χ0n) is 12.3. The number of hydrogen-bond acceptors (Lipinski definition) is 4. The van der Waals surface area contributed by atoms with E-state index in [0.29, 0.717) is 48.8 Å². The lowest BCUT2D eigenvalue weighted by Gasteiger charge is -2.28. The molecule has 112 valence electrons. The predicted molar refractivity (Wildman–Crippen MR) is 72.1 cm³/mol. The third-order valence-corrected chi connectivity index (χ3v) is 5.84. The summed E-state index contributed by atoms with van der Waals surface area (Å²) in [4.78, 5) is 12.3. The summed E-state index contributed by atoms with van der Waals surface area (Å²) in [5.74, 6) is 1.52. The molecule has 0 radical (unpaired) electrons. The Morgan fingerprint density at radius 2 is 1.55 bits per heavy atom. The molecule has 8 atom stereocenters. The molecule has 4 nitrogen and oxygen atoms in total. The molecule has 4 heteroatoms. The summed E-state index contributed by atoms with van der Waals surface area (Å²) in [5, 5.41) is 0. The van der Waals surface area contributed by atoms with Crippen molar-refractivity contribution in [3.05, 3.63) is 0 Å². The van der Waals surface area contributed by atoms with Gasteiger partial charge in [-0.15, -0.1) is 0 Å². The zero-order valence-corrected chi connectivity index (χ0v) is 12.3. The van der Waals surface area contributed by atoms with Crippen molar-refractivity contribution >= 4 is 5.97 Å². The molecule has 0 N–H and O–H groups in total. The van der Waals surface area contributed by atoms with Crippen LogP contribution in [0.15, 0.2) is 0 Å². The van der Waals surface area contributed by atoms with Gasteiger partial charge >= 0.3 is 5.97 Å². The van der Waals surface area contributed by atoms with Gasteiger partial charge in [0.25, 0.3) is 0 Å². The number of carbonyl (C=O) groups is 1. The highest BCUT2D eigenvalue weighted by atomic mass is 16.6. The van der Waals surface area contributed by atoms with Crippen molar-refractivity contribution in [3.8, 4) is 0 Å². The van der Waals surface area contributed by atoms with Crippen molar-refractivity contribution in [2.24, 2.45) is 23.7 Å². The van der Waals surface area contributed by atoms with Crippen LogP contribution in [-0.2, 0) is 19.0 Å². The molecule has 2 aliphatic heterocycles. The largest absolute Gasteiger partial charge is 0.465 e. The topological polar surface area (TPSA) is 51.4 Å². The van der Waals surface area contributed by atoms with Crippen LogP contribution < -0.4 is 0 Å². The quantitative estimate of drug-likeness (QED) is 0.587. The molecule has 0 spiro atoms. The van der Waals surface area contributed by atoms with E-state index in [2.05, 4.69) is 13.8 Å². The summed E-state index contributed by atoms with van der Waals surface area (Å²) < 4.78 is 16.8. The summed E-state index contributed by atoms with van der Waals surface area (Å²) in [6.45, 7) is 4.97. The molecule has 2 saturated carbocycles. The first kappa shape index (κ1) is 13.1. The first-order valence-electron chi connectivity index (χ1n) is 8.09. The highest BCUT2D eigenvalue weighted by Crippen LogP contribution is 2.44. The van der Waals surface area contributed by atoms with Crippen molar-refractivity contribution in [1.82, 2.24) is 0 Å². The summed E-state index contributed by atoms with van der Waals surface area (Å²) in [6.07, 6.45) is 5.77. The molecule has 4 rings (SSSR count). The highest BCUT2D eigenvalue weighted by molar-refractivity contribution is 5.73. The molecule has 0 aromatic rings. The standard InChI is InChI=1S/C16H24O4/c1-8-3-12-14(19-12)5-10(8)7-18-16(17)11-6-15-13(20-15)4-9(11)2/h8-15H,3-7H2,1-2H3/t8-,9?,10?,11?,12?,13?,14?,15+/m1/s1. The fraction of sp³-hybridized carbons (Fsp3) is 0.938. The summed E-state index contributed by atoms with van der Waals surface area (Å²) >= 11 is 0. The summed E-state index contributed by atoms with van der Waals surface area (Å²) in [6, 6.07) is 0. The van der Waals surface area contributed by atoms with Gasteiger partial charge in [-0.3, -0.25) is 4.79 Å². The minimum Gasteiger partial charge on any atom is -0.465 e. The Morgan fingerprint density at radius 1 is 0.950 bits per heavy atom. The van der Waals surface area contributed by atoms with Crippen LogP contribution in [0.25, 0.3) is 0 Å². The van der Waals surface area contributed by atoms with E-state index in [-0.39, 0.29) is 11.9 Å². The number of epoxide rings is 2. The third-order valence-electron chi connectivity index (χ3n) is 5.84. The molecule has 2 saturated heterocycles. The number of rotatable bonds is 3. The van der Waals surface area contributed by atoms with Crippen molar-refractivity contribution < 1.29 is 19.0 Å². The van der Waals surface area contributed by atoms with Crippen LogP contribution in [-0.4, -0.2) is 37.0 Å². The highest BCUT2D eigenvalue weighted by Gasteiger charge is 2.50. The molecule has 20 heavy (non-hydrogen) atoms. The van der Waals surface area contributed by atoms with Crippen LogP contribution in [0.1, 0.15) is 39.5 Å². The maximum Gasteiger partial charge on any atom is 0.309 e. The third kappa shape index (κ3) is 2.37. The van der Waals surface area contributed by atoms with Crippen LogP contribution in [0, 0.1) is 23.7 Å². The van der Waals surface area contributed by atoms with Crippen molar-refractivity contribution in [2.45, 2.75) is 63.9 Å². The molecule has 4 aliphatic rings. The average molecular weight is 280 g/mol. The molecule has 0 aromatic carbocycles. The predicted octanol–water partition coefficient (Wildman–Crippen LogP) is 2.16. The van der Waals surface area contributed by atoms with Crippen LogP contribution in [0.3, 0.4) is 0 Å². The summed E-state index contributed by atoms with van der Waals surface area (Å²) in [7, 11) is 0. The van der Waals surface area contributed by atoms with Gasteiger partial charge in [0.05, 0.1) is 36.9 Å². The number of fused-ring (bicyclic) bond motifs is 2. The lowest BCUT2D eigenvalue weighted by atomic mass is 9.80. The van der Waals surface area contributed by atoms with Crippen molar-refractivity contribution in [1.29, 1.82) is 0 Å². The summed E-state index contributed by atoms with van der Waals surface area (Å²) in [5.41, 5.74) is 0. The van der Waals surface area contributed by atoms with Gasteiger partial charge in [0.2, 0.25) is 0 Å². The second kappa shape index (κ2) is 4.70. The molecule has 4 fully saturated rings. The second-order valence-corrected chi connectivity index (χ2v) is 7.32. The van der Waals surface area contributed by atoms with Gasteiger partial charge in [0.15, 0.2) is 0 Å². The van der Waals surface area contributed by atoms with Crippen LogP contribution in [0.2, 0.25) is 0 Å². The lowest BCUT2D eigenvalue weighted by Crippen LogP contribution is -2.33. The molecule has 2 aliphatic carbocycles. The Balaban J connectivity index is 1.29. The van der Waals surface area contributed by atoms with Gasteiger partial charge in [-0.2, -0.15) is 0 Å². The van der Waals surface area contributed by atoms with E-state index in [4.69, 9.17) is 14.2 Å². The van der Waals surface area contributed by atoms with E-state index in [0.717, 1.165) is 25.7 Å². The van der Waals surface area contributed by atoms with Gasteiger partial charge in [0, 0.05) is 0 Å². The van der Waals surface area contributed by atoms with Crippen LogP contribution >= 0.6 is 0 Å². The molecular weight excluding hydrogens is 256 g/mol. The van der Waals surface area contributed by atoms with E-state index in [1.165, 1.54) is 0 Å². The molecule has 0 amide bonds.